The summed E-state index contributed by atoms with van der Waals surface area (Å²) < 4.78 is 0. The van der Waals surface area contributed by atoms with E-state index >= 15 is 0 Å². The summed E-state index contributed by atoms with van der Waals surface area (Å²) in [7, 11) is 0. The Bertz CT molecular complexity index is 1250. The van der Waals surface area contributed by atoms with Crippen molar-refractivity contribution >= 4 is 21.5 Å². The molecule has 0 aliphatic rings. The summed E-state index contributed by atoms with van der Waals surface area (Å²) in [6.07, 6.45) is 0.574. The largest absolute Gasteiger partial charge is 0.312 e. The van der Waals surface area contributed by atoms with E-state index in [4.69, 9.17) is 11.5 Å². The van der Waals surface area contributed by atoms with E-state index in [0.29, 0.717) is 6.42 Å². The van der Waals surface area contributed by atoms with Crippen molar-refractivity contribution in [1.82, 2.24) is 0 Å². The molecule has 4 N–H and O–H groups in total. The molecule has 5 aromatic carbocycles. The molecule has 0 heterocycles. The minimum atomic E-state index is -0.977. The van der Waals surface area contributed by atoms with Gasteiger partial charge in [-0.05, 0) is 38.2 Å². The molecule has 0 radical (unpaired) electrons. The summed E-state index contributed by atoms with van der Waals surface area (Å²) in [6.45, 7) is 0. The first-order chi connectivity index (χ1) is 15.1. The fourth-order valence-electron chi connectivity index (χ4n) is 4.80. The molecule has 0 fully saturated rings. The Labute approximate surface area is 183 Å². The topological polar surface area (TPSA) is 52.0 Å². The summed E-state index contributed by atoms with van der Waals surface area (Å²) in [5, 5.41) is 4.77. The molecule has 152 valence electrons. The number of benzene rings is 5. The van der Waals surface area contributed by atoms with Gasteiger partial charge in [0.1, 0.15) is 0 Å². The highest BCUT2D eigenvalue weighted by atomic mass is 15.0. The third-order valence-corrected chi connectivity index (χ3v) is 6.16. The summed E-state index contributed by atoms with van der Waals surface area (Å²) in [6, 6.07) is 40.1. The van der Waals surface area contributed by atoms with Crippen LogP contribution < -0.4 is 11.5 Å². The van der Waals surface area contributed by atoms with E-state index in [2.05, 4.69) is 97.1 Å². The first kappa shape index (κ1) is 19.5. The maximum atomic E-state index is 7.02. The number of rotatable bonds is 5. The molecule has 5 aromatic rings. The van der Waals surface area contributed by atoms with Crippen LogP contribution >= 0.6 is 0 Å². The molecule has 31 heavy (non-hydrogen) atoms. The first-order valence-corrected chi connectivity index (χ1v) is 10.7. The van der Waals surface area contributed by atoms with E-state index < -0.39 is 5.66 Å². The van der Waals surface area contributed by atoms with Crippen LogP contribution in [0.1, 0.15) is 22.6 Å². The van der Waals surface area contributed by atoms with Gasteiger partial charge in [0, 0.05) is 12.3 Å². The smallest absolute Gasteiger partial charge is 0.0790 e. The van der Waals surface area contributed by atoms with Crippen molar-refractivity contribution < 1.29 is 0 Å². The Morgan fingerprint density at radius 3 is 1.52 bits per heavy atom. The molecule has 0 saturated carbocycles. The van der Waals surface area contributed by atoms with Gasteiger partial charge in [-0.2, -0.15) is 0 Å². The second-order valence-corrected chi connectivity index (χ2v) is 8.34. The number of fused-ring (bicyclic) bond motifs is 2. The molecule has 0 amide bonds. The van der Waals surface area contributed by atoms with E-state index in [9.17, 15) is 0 Å². The van der Waals surface area contributed by atoms with Crippen LogP contribution in [0.5, 0.6) is 0 Å². The minimum absolute atomic E-state index is 0.176. The molecular weight excluding hydrogens is 376 g/mol. The Kier molecular flexibility index (Phi) is 5.03. The van der Waals surface area contributed by atoms with Gasteiger partial charge < -0.3 is 11.5 Å². The van der Waals surface area contributed by atoms with Gasteiger partial charge in [0.05, 0.1) is 5.66 Å². The fourth-order valence-corrected chi connectivity index (χ4v) is 4.80. The van der Waals surface area contributed by atoms with Crippen LogP contribution in [0.25, 0.3) is 21.5 Å². The van der Waals surface area contributed by atoms with Gasteiger partial charge in [-0.25, -0.2) is 0 Å². The van der Waals surface area contributed by atoms with Gasteiger partial charge in [0.25, 0.3) is 0 Å². The molecule has 0 atom stereocenters. The predicted octanol–water partition coefficient (Wildman–Crippen LogP) is 5.98. The Morgan fingerprint density at radius 2 is 0.968 bits per heavy atom. The summed E-state index contributed by atoms with van der Waals surface area (Å²) >= 11 is 0. The van der Waals surface area contributed by atoms with Gasteiger partial charge in [-0.3, -0.25) is 0 Å². The molecule has 0 aliphatic carbocycles. The molecule has 0 saturated heterocycles. The Morgan fingerprint density at radius 1 is 0.516 bits per heavy atom. The van der Waals surface area contributed by atoms with Crippen LogP contribution in [0.3, 0.4) is 0 Å². The van der Waals surface area contributed by atoms with Gasteiger partial charge in [0.2, 0.25) is 0 Å². The van der Waals surface area contributed by atoms with Crippen molar-refractivity contribution in [2.45, 2.75) is 18.0 Å². The van der Waals surface area contributed by atoms with Crippen LogP contribution in [0.4, 0.5) is 0 Å². The van der Waals surface area contributed by atoms with Crippen molar-refractivity contribution in [1.29, 1.82) is 0 Å². The Balaban J connectivity index is 1.76. The second kappa shape index (κ2) is 7.99. The second-order valence-electron chi connectivity index (χ2n) is 8.34. The zero-order valence-corrected chi connectivity index (χ0v) is 17.4. The highest BCUT2D eigenvalue weighted by molar-refractivity contribution is 5.90. The van der Waals surface area contributed by atoms with Crippen LogP contribution in [-0.4, -0.2) is 5.66 Å². The maximum Gasteiger partial charge on any atom is 0.0790 e. The zero-order chi connectivity index (χ0) is 21.3. The van der Waals surface area contributed by atoms with E-state index in [-0.39, 0.29) is 5.92 Å². The summed E-state index contributed by atoms with van der Waals surface area (Å²) in [5.41, 5.74) is 16.5. The number of hydrogen-bond acceptors (Lipinski definition) is 2. The average molecular weight is 403 g/mol. The van der Waals surface area contributed by atoms with Crippen LogP contribution in [0, 0.1) is 0 Å². The molecule has 0 spiro atoms. The van der Waals surface area contributed by atoms with Crippen molar-refractivity contribution in [2.24, 2.45) is 11.5 Å². The monoisotopic (exact) mass is 402 g/mol. The third kappa shape index (κ3) is 3.72. The lowest BCUT2D eigenvalue weighted by Crippen LogP contribution is -2.56. The number of nitrogens with two attached hydrogens (primary N) is 2. The van der Waals surface area contributed by atoms with E-state index in [0.717, 1.165) is 16.7 Å². The van der Waals surface area contributed by atoms with Gasteiger partial charge in [-0.1, -0.05) is 115 Å². The van der Waals surface area contributed by atoms with Crippen molar-refractivity contribution in [3.8, 4) is 0 Å². The quantitative estimate of drug-likeness (QED) is 0.355. The lowest BCUT2D eigenvalue weighted by atomic mass is 9.75. The lowest BCUT2D eigenvalue weighted by molar-refractivity contribution is 0.391. The molecular formula is C29H26N2. The Hall–Kier alpha value is -3.46. The van der Waals surface area contributed by atoms with Gasteiger partial charge >= 0.3 is 0 Å². The van der Waals surface area contributed by atoms with Crippen molar-refractivity contribution in [2.75, 3.05) is 0 Å². The van der Waals surface area contributed by atoms with E-state index in [1.165, 1.54) is 21.5 Å². The first-order valence-electron chi connectivity index (χ1n) is 10.7. The SMILES string of the molecule is NC(N)(Cc1ccccc1)C(c1cccc2ccccc12)c1cccc2ccccc12. The minimum Gasteiger partial charge on any atom is -0.312 e. The molecule has 5 rings (SSSR count). The highest BCUT2D eigenvalue weighted by Gasteiger charge is 2.35. The normalized spacial score (nSPS) is 12.0. The average Bonchev–Trinajstić information content (AvgIpc) is 2.80. The molecule has 0 aliphatic heterocycles. The fraction of sp³-hybridized carbons (Fsp3) is 0.103. The molecule has 2 nitrogen and oxygen atoms in total. The molecule has 0 bridgehead atoms. The molecule has 0 unspecified atom stereocenters. The van der Waals surface area contributed by atoms with Crippen LogP contribution in [0.15, 0.2) is 115 Å². The van der Waals surface area contributed by atoms with E-state index in [1.807, 2.05) is 18.2 Å². The van der Waals surface area contributed by atoms with E-state index in [1.54, 1.807) is 0 Å². The highest BCUT2D eigenvalue weighted by Crippen LogP contribution is 2.39. The number of hydrogen-bond donors (Lipinski definition) is 2. The van der Waals surface area contributed by atoms with Crippen LogP contribution in [0.2, 0.25) is 0 Å². The summed E-state index contributed by atoms with van der Waals surface area (Å²) in [4.78, 5) is 0. The maximum absolute atomic E-state index is 7.02. The van der Waals surface area contributed by atoms with Crippen LogP contribution in [-0.2, 0) is 6.42 Å². The summed E-state index contributed by atoms with van der Waals surface area (Å²) in [5.74, 6) is -0.176. The standard InChI is InChI=1S/C29H26N2/c30-29(31,20-21-10-2-1-3-11-21)28(26-18-8-14-22-12-4-6-16-24(22)26)27-19-9-15-23-13-5-7-17-25(23)27/h1-19,28H,20,30-31H2. The van der Waals surface area contributed by atoms with Crippen molar-refractivity contribution in [3.63, 3.8) is 0 Å². The predicted molar refractivity (Wildman–Crippen MR) is 131 cm³/mol. The van der Waals surface area contributed by atoms with Gasteiger partial charge in [-0.15, -0.1) is 0 Å². The van der Waals surface area contributed by atoms with Crippen molar-refractivity contribution in [3.05, 3.63) is 132 Å². The third-order valence-electron chi connectivity index (χ3n) is 6.16. The lowest BCUT2D eigenvalue weighted by Gasteiger charge is -2.36. The molecule has 2 heteroatoms. The zero-order valence-electron chi connectivity index (χ0n) is 17.4. The van der Waals surface area contributed by atoms with Gasteiger partial charge in [0.15, 0.2) is 0 Å². The molecule has 0 aromatic heterocycles.